The van der Waals surface area contributed by atoms with Crippen molar-refractivity contribution in [2.45, 2.75) is 71.7 Å². The summed E-state index contributed by atoms with van der Waals surface area (Å²) in [5, 5.41) is 4.80. The van der Waals surface area contributed by atoms with Crippen LogP contribution in [0.1, 0.15) is 51.7 Å². The molecular weight excluding hydrogens is 588 g/mol. The Morgan fingerprint density at radius 3 is 2.30 bits per heavy atom. The highest BCUT2D eigenvalue weighted by Crippen LogP contribution is 2.36. The summed E-state index contributed by atoms with van der Waals surface area (Å²) >= 11 is 0. The van der Waals surface area contributed by atoms with Crippen LogP contribution < -0.4 is 15.1 Å². The number of nitrogens with zero attached hydrogens (tertiary/aromatic N) is 3. The highest BCUT2D eigenvalue weighted by Gasteiger charge is 2.38. The fourth-order valence-electron chi connectivity index (χ4n) is 5.31. The van der Waals surface area contributed by atoms with Crippen molar-refractivity contribution in [1.29, 1.82) is 0 Å². The van der Waals surface area contributed by atoms with E-state index in [9.17, 15) is 24.0 Å². The lowest BCUT2D eigenvalue weighted by molar-refractivity contribution is -0.141. The zero-order chi connectivity index (χ0) is 33.8. The average Bonchev–Trinajstić information content (AvgIpc) is 3.13. The zero-order valence-corrected chi connectivity index (χ0v) is 27.5. The van der Waals surface area contributed by atoms with Crippen LogP contribution in [0, 0.1) is 6.92 Å². The van der Waals surface area contributed by atoms with E-state index in [1.807, 2.05) is 43.3 Å². The number of rotatable bonds is 8. The number of benzene rings is 3. The van der Waals surface area contributed by atoms with Gasteiger partial charge in [0.2, 0.25) is 11.8 Å². The van der Waals surface area contributed by atoms with Crippen molar-refractivity contribution >= 4 is 51.9 Å². The second kappa shape index (κ2) is 14.0. The Hall–Kier alpha value is -4.93. The van der Waals surface area contributed by atoms with Gasteiger partial charge in [-0.05, 0) is 68.7 Å². The van der Waals surface area contributed by atoms with Gasteiger partial charge in [-0.2, -0.15) is 0 Å². The minimum atomic E-state index is -1.17. The van der Waals surface area contributed by atoms with E-state index in [0.29, 0.717) is 11.4 Å². The highest BCUT2D eigenvalue weighted by molar-refractivity contribution is 6.09. The number of carbonyl (C=O) groups excluding carboxylic acids is 5. The molecule has 1 N–H and O–H groups in total. The van der Waals surface area contributed by atoms with Gasteiger partial charge in [-0.3, -0.25) is 24.1 Å². The molecule has 4 amide bonds. The number of fused-ring (bicyclic) bond motifs is 2. The average molecular weight is 631 g/mol. The van der Waals surface area contributed by atoms with Gasteiger partial charge in [0.15, 0.2) is 0 Å². The molecule has 0 saturated carbocycles. The third kappa shape index (κ3) is 7.64. The number of amides is 4. The first kappa shape index (κ1) is 34.0. The Kier molecular flexibility index (Phi) is 10.3. The number of para-hydroxylation sites is 2. The minimum absolute atomic E-state index is 0.143. The molecule has 1 aliphatic heterocycles. The molecule has 11 nitrogen and oxygen atoms in total. The molecule has 244 valence electrons. The SMILES string of the molecule is COC(=O)CCC(=O)N1CC(NC(=O)C(C)N(C)C(=O)OC(C)(C)C)C(=O)N(Cc2c(C)ccc3ccccc23)c2ccccc21. The normalized spacial score (nSPS) is 15.5. The van der Waals surface area contributed by atoms with Crippen LogP contribution in [0.2, 0.25) is 0 Å². The predicted molar refractivity (Wildman–Crippen MR) is 175 cm³/mol. The van der Waals surface area contributed by atoms with Crippen LogP contribution in [0.5, 0.6) is 0 Å². The van der Waals surface area contributed by atoms with E-state index in [1.54, 1.807) is 49.9 Å². The highest BCUT2D eigenvalue weighted by atomic mass is 16.6. The molecular formula is C35H42N4O7. The second-order valence-corrected chi connectivity index (χ2v) is 12.4. The fourth-order valence-corrected chi connectivity index (χ4v) is 5.31. The molecule has 3 aromatic rings. The zero-order valence-electron chi connectivity index (χ0n) is 27.5. The Bertz CT molecular complexity index is 1650. The Labute approximate surface area is 269 Å². The van der Waals surface area contributed by atoms with Gasteiger partial charge >= 0.3 is 12.1 Å². The van der Waals surface area contributed by atoms with Crippen LogP contribution >= 0.6 is 0 Å². The summed E-state index contributed by atoms with van der Waals surface area (Å²) in [4.78, 5) is 70.5. The first-order valence-corrected chi connectivity index (χ1v) is 15.2. The number of nitrogens with one attached hydrogen (secondary N) is 1. The molecule has 0 aromatic heterocycles. The molecule has 1 aliphatic rings. The number of hydrogen-bond donors (Lipinski definition) is 1. The first-order chi connectivity index (χ1) is 21.7. The molecule has 0 fully saturated rings. The third-order valence-electron chi connectivity index (χ3n) is 8.01. The maximum Gasteiger partial charge on any atom is 0.410 e. The standard InChI is InChI=1S/C35H42N4O7/c1-22-16-17-24-12-8-9-13-25(24)26(22)20-39-29-15-11-10-14-28(29)38(30(40)18-19-31(41)45-7)21-27(33(39)43)36-32(42)23(2)37(6)34(44)46-35(3,4)5/h8-17,23,27H,18-21H2,1-7H3,(H,36,42). The van der Waals surface area contributed by atoms with Gasteiger partial charge in [0.1, 0.15) is 17.7 Å². The van der Waals surface area contributed by atoms with Crippen LogP contribution in [0.15, 0.2) is 60.7 Å². The van der Waals surface area contributed by atoms with Gasteiger partial charge in [-0.1, -0.05) is 48.5 Å². The van der Waals surface area contributed by atoms with E-state index < -0.39 is 47.5 Å². The van der Waals surface area contributed by atoms with Gasteiger partial charge in [0, 0.05) is 13.5 Å². The van der Waals surface area contributed by atoms with Gasteiger partial charge in [-0.15, -0.1) is 0 Å². The number of aryl methyl sites for hydroxylation is 1. The van der Waals surface area contributed by atoms with Crippen molar-refractivity contribution in [2.24, 2.45) is 0 Å². The van der Waals surface area contributed by atoms with Gasteiger partial charge < -0.3 is 24.6 Å². The molecule has 2 unspecified atom stereocenters. The maximum absolute atomic E-state index is 14.5. The topological polar surface area (TPSA) is 126 Å². The van der Waals surface area contributed by atoms with Crippen molar-refractivity contribution in [2.75, 3.05) is 30.5 Å². The van der Waals surface area contributed by atoms with Crippen LogP contribution in [0.4, 0.5) is 16.2 Å². The van der Waals surface area contributed by atoms with Crippen LogP contribution in [-0.4, -0.2) is 73.1 Å². The molecule has 4 rings (SSSR count). The summed E-state index contributed by atoms with van der Waals surface area (Å²) in [7, 11) is 2.70. The largest absolute Gasteiger partial charge is 0.469 e. The maximum atomic E-state index is 14.5. The van der Waals surface area contributed by atoms with Crippen molar-refractivity contribution in [3.05, 3.63) is 71.8 Å². The van der Waals surface area contributed by atoms with Gasteiger partial charge in [0.05, 0.1) is 38.0 Å². The monoisotopic (exact) mass is 630 g/mol. The lowest BCUT2D eigenvalue weighted by Crippen LogP contribution is -2.57. The summed E-state index contributed by atoms with van der Waals surface area (Å²) in [6.45, 7) is 8.68. The van der Waals surface area contributed by atoms with E-state index in [2.05, 4.69) is 5.32 Å². The van der Waals surface area contributed by atoms with Gasteiger partial charge in [0.25, 0.3) is 5.91 Å². The summed E-state index contributed by atoms with van der Waals surface area (Å²) in [5.41, 5.74) is 2.10. The number of anilines is 2. The van der Waals surface area contributed by atoms with E-state index >= 15 is 0 Å². The van der Waals surface area contributed by atoms with Crippen LogP contribution in [-0.2, 0) is 35.2 Å². The quantitative estimate of drug-likeness (QED) is 0.357. The summed E-state index contributed by atoms with van der Waals surface area (Å²) in [5.74, 6) is -1.97. The number of ether oxygens (including phenoxy) is 2. The van der Waals surface area contributed by atoms with Crippen molar-refractivity contribution in [3.63, 3.8) is 0 Å². The Morgan fingerprint density at radius 1 is 0.978 bits per heavy atom. The van der Waals surface area contributed by atoms with E-state index in [4.69, 9.17) is 9.47 Å². The molecule has 0 radical (unpaired) electrons. The minimum Gasteiger partial charge on any atom is -0.469 e. The van der Waals surface area contributed by atoms with Crippen molar-refractivity contribution in [1.82, 2.24) is 10.2 Å². The molecule has 46 heavy (non-hydrogen) atoms. The molecule has 0 saturated heterocycles. The Morgan fingerprint density at radius 2 is 1.63 bits per heavy atom. The fraction of sp³-hybridized carbons (Fsp3) is 0.400. The third-order valence-corrected chi connectivity index (χ3v) is 8.01. The summed E-state index contributed by atoms with van der Waals surface area (Å²) in [6, 6.07) is 16.8. The number of carbonyl (C=O) groups is 5. The molecule has 0 spiro atoms. The lowest BCUT2D eigenvalue weighted by Gasteiger charge is -2.30. The predicted octanol–water partition coefficient (Wildman–Crippen LogP) is 4.72. The molecule has 1 heterocycles. The number of methoxy groups -OCH3 is 1. The summed E-state index contributed by atoms with van der Waals surface area (Å²) in [6.07, 6.45) is -0.992. The smallest absolute Gasteiger partial charge is 0.410 e. The van der Waals surface area contributed by atoms with Crippen molar-refractivity contribution in [3.8, 4) is 0 Å². The first-order valence-electron chi connectivity index (χ1n) is 15.2. The van der Waals surface area contributed by atoms with E-state index in [-0.39, 0.29) is 25.9 Å². The molecule has 2 atom stereocenters. The van der Waals surface area contributed by atoms with Crippen LogP contribution in [0.3, 0.4) is 0 Å². The molecule has 0 bridgehead atoms. The lowest BCUT2D eigenvalue weighted by atomic mass is 9.99. The van der Waals surface area contributed by atoms with E-state index in [0.717, 1.165) is 26.8 Å². The molecule has 3 aromatic carbocycles. The van der Waals surface area contributed by atoms with Crippen molar-refractivity contribution < 1.29 is 33.4 Å². The van der Waals surface area contributed by atoms with Crippen LogP contribution in [0.25, 0.3) is 10.8 Å². The molecule has 11 heteroatoms. The van der Waals surface area contributed by atoms with E-state index in [1.165, 1.54) is 26.0 Å². The van der Waals surface area contributed by atoms with Gasteiger partial charge in [-0.25, -0.2) is 4.79 Å². The Balaban J connectivity index is 1.74. The number of esters is 1. The second-order valence-electron chi connectivity index (χ2n) is 12.4. The molecule has 0 aliphatic carbocycles. The number of hydrogen-bond acceptors (Lipinski definition) is 7. The summed E-state index contributed by atoms with van der Waals surface area (Å²) < 4.78 is 10.1. The number of likely N-dealkylation sites (N-methyl/N-ethyl adjacent to an activating group) is 1.